The van der Waals surface area contributed by atoms with Crippen LogP contribution in [0.4, 0.5) is 16.2 Å². The van der Waals surface area contributed by atoms with Crippen LogP contribution in [0.2, 0.25) is 0 Å². The van der Waals surface area contributed by atoms with Crippen LogP contribution in [0.25, 0.3) is 0 Å². The van der Waals surface area contributed by atoms with Crippen molar-refractivity contribution in [3.63, 3.8) is 0 Å². The summed E-state index contributed by atoms with van der Waals surface area (Å²) in [6, 6.07) is 3.58. The molecule has 9 heteroatoms. The fraction of sp³-hybridized carbons (Fsp3) is 0.500. The largest absolute Gasteiger partial charge is 0.444 e. The van der Waals surface area contributed by atoms with Gasteiger partial charge in [-0.15, -0.1) is 0 Å². The second kappa shape index (κ2) is 7.38. The fourth-order valence-corrected chi connectivity index (χ4v) is 2.92. The quantitative estimate of drug-likeness (QED) is 0.600. The standard InChI is InChI=1S/C16H20BrN3O5/c1-16(2,3)25-15(22)19-8-4-5-13(19)14(21)18-11-9-10(17)6-7-12(11)20(23)24/h6-7,9,13H,4-5,8H2,1-3H3,(H,18,21). The number of halogens is 1. The molecule has 0 spiro atoms. The Kier molecular flexibility index (Phi) is 5.66. The minimum absolute atomic E-state index is 0.0837. The van der Waals surface area contributed by atoms with E-state index < -0.39 is 28.6 Å². The molecule has 2 amide bonds. The molecule has 25 heavy (non-hydrogen) atoms. The monoisotopic (exact) mass is 413 g/mol. The number of likely N-dealkylation sites (tertiary alicyclic amines) is 1. The third kappa shape index (κ3) is 4.91. The van der Waals surface area contributed by atoms with Gasteiger partial charge in [0.15, 0.2) is 0 Å². The first-order valence-electron chi connectivity index (χ1n) is 7.83. The number of rotatable bonds is 3. The molecule has 0 aliphatic carbocycles. The van der Waals surface area contributed by atoms with Crippen LogP contribution in [0.3, 0.4) is 0 Å². The van der Waals surface area contributed by atoms with E-state index in [0.29, 0.717) is 23.9 Å². The average Bonchev–Trinajstić information content (AvgIpc) is 2.94. The summed E-state index contributed by atoms with van der Waals surface area (Å²) < 4.78 is 5.93. The number of carbonyl (C=O) groups is 2. The summed E-state index contributed by atoms with van der Waals surface area (Å²) in [5.74, 6) is -0.468. The Hall–Kier alpha value is -2.16. The molecule has 0 aromatic heterocycles. The van der Waals surface area contributed by atoms with Gasteiger partial charge in [0.05, 0.1) is 4.92 Å². The van der Waals surface area contributed by atoms with Crippen molar-refractivity contribution in [3.05, 3.63) is 32.8 Å². The van der Waals surface area contributed by atoms with Crippen LogP contribution in [0.5, 0.6) is 0 Å². The van der Waals surface area contributed by atoms with E-state index in [0.717, 1.165) is 0 Å². The van der Waals surface area contributed by atoms with Crippen molar-refractivity contribution in [1.29, 1.82) is 0 Å². The van der Waals surface area contributed by atoms with Crippen molar-refractivity contribution in [2.45, 2.75) is 45.3 Å². The number of nitrogens with zero attached hydrogens (tertiary/aromatic N) is 2. The van der Waals surface area contributed by atoms with Crippen molar-refractivity contribution in [1.82, 2.24) is 4.90 Å². The maximum atomic E-state index is 12.6. The molecule has 1 aromatic rings. The van der Waals surface area contributed by atoms with Crippen molar-refractivity contribution in [2.24, 2.45) is 0 Å². The van der Waals surface area contributed by atoms with E-state index in [1.807, 2.05) is 0 Å². The first kappa shape index (κ1) is 19.2. The van der Waals surface area contributed by atoms with Crippen LogP contribution in [0.15, 0.2) is 22.7 Å². The van der Waals surface area contributed by atoms with Crippen LogP contribution in [0, 0.1) is 10.1 Å². The molecule has 1 fully saturated rings. The Morgan fingerprint density at radius 2 is 2.08 bits per heavy atom. The lowest BCUT2D eigenvalue weighted by molar-refractivity contribution is -0.383. The summed E-state index contributed by atoms with van der Waals surface area (Å²) in [5.41, 5.74) is -0.789. The summed E-state index contributed by atoms with van der Waals surface area (Å²) in [4.78, 5) is 36.8. The summed E-state index contributed by atoms with van der Waals surface area (Å²) in [6.07, 6.45) is 0.582. The van der Waals surface area contributed by atoms with Gasteiger partial charge in [0.2, 0.25) is 5.91 Å². The highest BCUT2D eigenvalue weighted by Crippen LogP contribution is 2.29. The second-order valence-corrected chi connectivity index (χ2v) is 7.66. The first-order chi connectivity index (χ1) is 11.6. The molecule has 1 unspecified atom stereocenters. The van der Waals surface area contributed by atoms with E-state index in [2.05, 4.69) is 21.2 Å². The first-order valence-corrected chi connectivity index (χ1v) is 8.62. The lowest BCUT2D eigenvalue weighted by Gasteiger charge is -2.28. The molecule has 0 bridgehead atoms. The number of benzene rings is 1. The van der Waals surface area contributed by atoms with E-state index in [4.69, 9.17) is 4.74 Å². The normalized spacial score (nSPS) is 17.3. The number of carbonyl (C=O) groups excluding carboxylic acids is 2. The van der Waals surface area contributed by atoms with Gasteiger partial charge in [0.1, 0.15) is 17.3 Å². The van der Waals surface area contributed by atoms with Gasteiger partial charge < -0.3 is 10.1 Å². The molecule has 1 N–H and O–H groups in total. The molecule has 0 saturated carbocycles. The zero-order chi connectivity index (χ0) is 18.8. The van der Waals surface area contributed by atoms with Gasteiger partial charge in [-0.1, -0.05) is 15.9 Å². The van der Waals surface area contributed by atoms with E-state index >= 15 is 0 Å². The molecule has 0 radical (unpaired) electrons. The summed E-state index contributed by atoms with van der Waals surface area (Å²) in [7, 11) is 0. The third-order valence-electron chi connectivity index (χ3n) is 3.60. The van der Waals surface area contributed by atoms with Crippen LogP contribution in [-0.4, -0.2) is 40.0 Å². The number of hydrogen-bond donors (Lipinski definition) is 1. The molecule has 2 rings (SSSR count). The fourth-order valence-electron chi connectivity index (χ4n) is 2.56. The van der Waals surface area contributed by atoms with Gasteiger partial charge in [0, 0.05) is 17.1 Å². The molecule has 1 aliphatic heterocycles. The molecular weight excluding hydrogens is 394 g/mol. The van der Waals surface area contributed by atoms with E-state index in [9.17, 15) is 19.7 Å². The molecule has 1 aromatic carbocycles. The topological polar surface area (TPSA) is 102 Å². The Morgan fingerprint density at radius 3 is 2.68 bits per heavy atom. The van der Waals surface area contributed by atoms with Crippen molar-refractivity contribution in [2.75, 3.05) is 11.9 Å². The number of ether oxygens (including phenoxy) is 1. The van der Waals surface area contributed by atoms with Gasteiger partial charge in [-0.05, 0) is 45.7 Å². The van der Waals surface area contributed by atoms with Gasteiger partial charge in [-0.2, -0.15) is 0 Å². The van der Waals surface area contributed by atoms with Crippen LogP contribution < -0.4 is 5.32 Å². The number of anilines is 1. The number of nitro groups is 1. The van der Waals surface area contributed by atoms with Gasteiger partial charge in [0.25, 0.3) is 5.69 Å². The SMILES string of the molecule is CC(C)(C)OC(=O)N1CCCC1C(=O)Nc1cc(Br)ccc1[N+](=O)[O-]. The molecule has 1 atom stereocenters. The molecule has 8 nitrogen and oxygen atoms in total. The number of nitro benzene ring substituents is 1. The van der Waals surface area contributed by atoms with Crippen molar-refractivity contribution >= 4 is 39.3 Å². The Morgan fingerprint density at radius 1 is 1.40 bits per heavy atom. The number of amides is 2. The Balaban J connectivity index is 2.16. The average molecular weight is 414 g/mol. The van der Waals surface area contributed by atoms with Crippen molar-refractivity contribution < 1.29 is 19.2 Å². The maximum absolute atomic E-state index is 12.6. The molecular formula is C16H20BrN3O5. The summed E-state index contributed by atoms with van der Waals surface area (Å²) in [6.45, 7) is 5.66. The maximum Gasteiger partial charge on any atom is 0.410 e. The van der Waals surface area contributed by atoms with E-state index in [1.54, 1.807) is 20.8 Å². The number of nitrogens with one attached hydrogen (secondary N) is 1. The Labute approximate surface area is 153 Å². The highest BCUT2D eigenvalue weighted by atomic mass is 79.9. The zero-order valence-corrected chi connectivity index (χ0v) is 15.8. The van der Waals surface area contributed by atoms with Crippen LogP contribution >= 0.6 is 15.9 Å². The lowest BCUT2D eigenvalue weighted by Crippen LogP contribution is -2.45. The molecule has 136 valence electrons. The second-order valence-electron chi connectivity index (χ2n) is 6.74. The Bertz CT molecular complexity index is 702. The predicted octanol–water partition coefficient (Wildman–Crippen LogP) is 3.70. The summed E-state index contributed by atoms with van der Waals surface area (Å²) in [5, 5.41) is 13.7. The van der Waals surface area contributed by atoms with E-state index in [-0.39, 0.29) is 11.4 Å². The minimum atomic E-state index is -0.714. The third-order valence-corrected chi connectivity index (χ3v) is 4.09. The molecule has 1 aliphatic rings. The highest BCUT2D eigenvalue weighted by molar-refractivity contribution is 9.10. The predicted molar refractivity (Wildman–Crippen MR) is 95.4 cm³/mol. The minimum Gasteiger partial charge on any atom is -0.444 e. The zero-order valence-electron chi connectivity index (χ0n) is 14.2. The van der Waals surface area contributed by atoms with E-state index in [1.165, 1.54) is 23.1 Å². The highest BCUT2D eigenvalue weighted by Gasteiger charge is 2.37. The van der Waals surface area contributed by atoms with Gasteiger partial charge in [-0.3, -0.25) is 19.8 Å². The van der Waals surface area contributed by atoms with Crippen molar-refractivity contribution in [3.8, 4) is 0 Å². The lowest BCUT2D eigenvalue weighted by atomic mass is 10.2. The molecule has 1 saturated heterocycles. The van der Waals surface area contributed by atoms with Gasteiger partial charge in [-0.25, -0.2) is 4.79 Å². The van der Waals surface area contributed by atoms with Crippen LogP contribution in [-0.2, 0) is 9.53 Å². The molecule has 1 heterocycles. The summed E-state index contributed by atoms with van der Waals surface area (Å²) >= 11 is 3.23. The number of hydrogen-bond acceptors (Lipinski definition) is 5. The smallest absolute Gasteiger partial charge is 0.410 e. The van der Waals surface area contributed by atoms with Crippen LogP contribution in [0.1, 0.15) is 33.6 Å². The van der Waals surface area contributed by atoms with Gasteiger partial charge >= 0.3 is 6.09 Å².